The van der Waals surface area contributed by atoms with Gasteiger partial charge in [-0.25, -0.2) is 0 Å². The molecule has 0 N–H and O–H groups in total. The molecule has 2 fully saturated rings. The van der Waals surface area contributed by atoms with Gasteiger partial charge < -0.3 is 0 Å². The molecule has 0 radical (unpaired) electrons. The molecule has 2 aliphatic rings. The molecule has 0 spiro atoms. The summed E-state index contributed by atoms with van der Waals surface area (Å²) >= 11 is 0. The topological polar surface area (TPSA) is 17.1 Å². The van der Waals surface area contributed by atoms with Crippen molar-refractivity contribution in [3.05, 3.63) is 35.4 Å². The molecule has 0 aliphatic heterocycles. The smallest absolute Gasteiger partial charge is 0.287 e. The van der Waals surface area contributed by atoms with Crippen molar-refractivity contribution in [3.63, 3.8) is 0 Å². The van der Waals surface area contributed by atoms with Crippen molar-refractivity contribution in [2.75, 3.05) is 0 Å². The number of carbonyl (C=O) groups is 1. The minimum atomic E-state index is -8.74. The summed E-state index contributed by atoms with van der Waals surface area (Å²) in [6, 6.07) is 2.80. The highest BCUT2D eigenvalue weighted by molar-refractivity contribution is 6.02. The first-order valence-corrected chi connectivity index (χ1v) is 16.5. The van der Waals surface area contributed by atoms with Crippen LogP contribution >= 0.6 is 0 Å². The predicted octanol–water partition coefficient (Wildman–Crippen LogP) is 12.9. The number of halogens is 17. The molecule has 1 aromatic rings. The summed E-state index contributed by atoms with van der Waals surface area (Å²) in [6.45, 7) is 2.16. The molecule has 294 valence electrons. The lowest BCUT2D eigenvalue weighted by Gasteiger charge is -2.42. The molecule has 0 saturated heterocycles. The van der Waals surface area contributed by atoms with E-state index in [4.69, 9.17) is 0 Å². The van der Waals surface area contributed by atoms with Crippen LogP contribution in [0.3, 0.4) is 0 Å². The second-order valence-corrected chi connectivity index (χ2v) is 13.8. The van der Waals surface area contributed by atoms with Gasteiger partial charge in [-0.15, -0.1) is 0 Å². The summed E-state index contributed by atoms with van der Waals surface area (Å²) in [4.78, 5) is 12.2. The average molecular weight is 773 g/mol. The van der Waals surface area contributed by atoms with Gasteiger partial charge in [-0.1, -0.05) is 89.0 Å². The molecular formula is C33H37F17O. The van der Waals surface area contributed by atoms with Crippen molar-refractivity contribution in [2.24, 2.45) is 17.8 Å². The maximum absolute atomic E-state index is 14.5. The highest BCUT2D eigenvalue weighted by Gasteiger charge is 2.95. The first-order valence-electron chi connectivity index (χ1n) is 16.5. The Bertz CT molecular complexity index is 1300. The van der Waals surface area contributed by atoms with E-state index in [1.54, 1.807) is 0 Å². The maximum atomic E-state index is 14.5. The maximum Gasteiger partial charge on any atom is 0.460 e. The molecule has 0 unspecified atom stereocenters. The third-order valence-corrected chi connectivity index (χ3v) is 10.4. The third-order valence-electron chi connectivity index (χ3n) is 10.4. The molecule has 0 aromatic heterocycles. The molecule has 1 aromatic carbocycles. The zero-order valence-corrected chi connectivity index (χ0v) is 27.1. The number of unbranched alkanes of at least 4 members (excludes halogenated alkanes) is 1. The lowest BCUT2D eigenvalue weighted by molar-refractivity contribution is -0.459. The first kappa shape index (κ1) is 43.1. The quantitative estimate of drug-likeness (QED) is 0.128. The van der Waals surface area contributed by atoms with Crippen LogP contribution in [-0.4, -0.2) is 53.4 Å². The number of benzene rings is 1. The van der Waals surface area contributed by atoms with Crippen LogP contribution in [0.4, 0.5) is 74.6 Å². The van der Waals surface area contributed by atoms with E-state index in [1.807, 2.05) is 0 Å². The number of hydrogen-bond acceptors (Lipinski definition) is 1. The van der Waals surface area contributed by atoms with Gasteiger partial charge in [-0.05, 0) is 54.9 Å². The minimum Gasteiger partial charge on any atom is -0.287 e. The lowest BCUT2D eigenvalue weighted by atomic mass is 9.74. The van der Waals surface area contributed by atoms with Crippen molar-refractivity contribution in [3.8, 4) is 0 Å². The Morgan fingerprint density at radius 1 is 0.510 bits per heavy atom. The van der Waals surface area contributed by atoms with Gasteiger partial charge in [0.1, 0.15) is 0 Å². The van der Waals surface area contributed by atoms with Gasteiger partial charge in [-0.3, -0.25) is 4.79 Å². The van der Waals surface area contributed by atoms with Crippen LogP contribution in [0.15, 0.2) is 24.3 Å². The van der Waals surface area contributed by atoms with E-state index < -0.39 is 59.0 Å². The molecule has 2 saturated carbocycles. The Morgan fingerprint density at radius 3 is 1.25 bits per heavy atom. The highest BCUT2D eigenvalue weighted by atomic mass is 19.4. The highest BCUT2D eigenvalue weighted by Crippen LogP contribution is 2.64. The standard InChI is InChI=1S/C33H37F17O/c1-2-3-4-19-5-7-20(8-6-19)9-10-21-11-13-22(14-12-21)23-15-17-24(18-16-23)25(51)26(34,35)27(36,37)28(38,39)29(40,41)30(42,43)31(44,45)32(46,47)33(48,49)50/h15-22H,2-14H2,1H3/t19-,20-,21-,22-. The van der Waals surface area contributed by atoms with Gasteiger partial charge in [0.25, 0.3) is 0 Å². The number of Topliss-reactive ketones (excluding diaryl/α,β-unsaturated/α-hetero) is 1. The molecule has 3 rings (SSSR count). The Kier molecular flexibility index (Phi) is 12.6. The molecular weight excluding hydrogens is 735 g/mol. The zero-order chi connectivity index (χ0) is 39.1. The van der Waals surface area contributed by atoms with E-state index in [-0.39, 0.29) is 5.92 Å². The molecule has 0 atom stereocenters. The molecule has 0 bridgehead atoms. The number of hydrogen-bond donors (Lipinski definition) is 0. The summed E-state index contributed by atoms with van der Waals surface area (Å²) in [7, 11) is 0. The Hall–Kier alpha value is -2.30. The van der Waals surface area contributed by atoms with Crippen LogP contribution in [0.5, 0.6) is 0 Å². The van der Waals surface area contributed by atoms with E-state index in [9.17, 15) is 79.4 Å². The summed E-state index contributed by atoms with van der Waals surface area (Å²) in [5, 5.41) is 0. The van der Waals surface area contributed by atoms with Crippen LogP contribution in [0.1, 0.15) is 112 Å². The summed E-state index contributed by atoms with van der Waals surface area (Å²) in [5.41, 5.74) is -1.14. The predicted molar refractivity (Wildman–Crippen MR) is 150 cm³/mol. The number of alkyl halides is 17. The molecule has 0 amide bonds. The van der Waals surface area contributed by atoms with Crippen LogP contribution in [0, 0.1) is 17.8 Å². The van der Waals surface area contributed by atoms with Gasteiger partial charge in [0.05, 0.1) is 0 Å². The summed E-state index contributed by atoms with van der Waals surface area (Å²) < 4.78 is 231. The lowest BCUT2D eigenvalue weighted by Crippen LogP contribution is -2.75. The normalized spacial score (nSPS) is 23.7. The average Bonchev–Trinajstić information content (AvgIpc) is 3.05. The van der Waals surface area contributed by atoms with Gasteiger partial charge in [-0.2, -0.15) is 74.6 Å². The Morgan fingerprint density at radius 2 is 0.863 bits per heavy atom. The third kappa shape index (κ3) is 7.71. The van der Waals surface area contributed by atoms with Crippen molar-refractivity contribution < 1.29 is 79.4 Å². The number of carbonyl (C=O) groups excluding carboxylic acids is 1. The van der Waals surface area contributed by atoms with Crippen LogP contribution < -0.4 is 0 Å². The molecule has 1 nitrogen and oxygen atoms in total. The van der Waals surface area contributed by atoms with E-state index in [0.717, 1.165) is 43.7 Å². The zero-order valence-electron chi connectivity index (χ0n) is 27.1. The van der Waals surface area contributed by atoms with Gasteiger partial charge in [0.15, 0.2) is 0 Å². The Labute approximate surface area is 282 Å². The largest absolute Gasteiger partial charge is 0.460 e. The monoisotopic (exact) mass is 772 g/mol. The fourth-order valence-corrected chi connectivity index (χ4v) is 6.95. The van der Waals surface area contributed by atoms with Gasteiger partial charge in [0.2, 0.25) is 5.78 Å². The second-order valence-electron chi connectivity index (χ2n) is 13.8. The van der Waals surface area contributed by atoms with Crippen molar-refractivity contribution in [1.82, 2.24) is 0 Å². The summed E-state index contributed by atoms with van der Waals surface area (Å²) in [6.07, 6.45) is 5.47. The molecule has 2 aliphatic carbocycles. The van der Waals surface area contributed by atoms with E-state index in [2.05, 4.69) is 6.92 Å². The number of ketones is 1. The van der Waals surface area contributed by atoms with Crippen LogP contribution in [-0.2, 0) is 0 Å². The molecule has 18 heteroatoms. The summed E-state index contributed by atoms with van der Waals surface area (Å²) in [5.74, 6) is -59.7. The van der Waals surface area contributed by atoms with Gasteiger partial charge in [0, 0.05) is 5.56 Å². The molecule has 0 heterocycles. The van der Waals surface area contributed by atoms with Crippen LogP contribution in [0.25, 0.3) is 0 Å². The van der Waals surface area contributed by atoms with Crippen molar-refractivity contribution >= 4 is 5.78 Å². The molecule has 51 heavy (non-hydrogen) atoms. The minimum absolute atomic E-state index is 0.205. The number of rotatable bonds is 15. The van der Waals surface area contributed by atoms with Gasteiger partial charge >= 0.3 is 47.6 Å². The fraction of sp³-hybridized carbons (Fsp3) is 0.788. The van der Waals surface area contributed by atoms with E-state index in [0.29, 0.717) is 42.4 Å². The van der Waals surface area contributed by atoms with E-state index in [1.165, 1.54) is 44.9 Å². The Balaban J connectivity index is 1.68. The fourth-order valence-electron chi connectivity index (χ4n) is 6.95. The second kappa shape index (κ2) is 14.8. The van der Waals surface area contributed by atoms with Crippen molar-refractivity contribution in [1.29, 1.82) is 0 Å². The van der Waals surface area contributed by atoms with E-state index >= 15 is 0 Å². The van der Waals surface area contributed by atoms with Crippen LogP contribution in [0.2, 0.25) is 0 Å². The SMILES string of the molecule is CCCC[C@H]1CC[C@H](CC[C@H]2CC[C@H](c3ccc(C(=O)C(F)(F)C(F)(F)C(F)(F)C(F)(F)C(F)(F)C(F)(F)C(F)(F)C(F)(F)F)cc3)CC2)CC1. The first-order chi connectivity index (χ1) is 23.1. The van der Waals surface area contributed by atoms with Crippen molar-refractivity contribution in [2.45, 2.75) is 144 Å².